The predicted octanol–water partition coefficient (Wildman–Crippen LogP) is 0.284. The summed E-state index contributed by atoms with van der Waals surface area (Å²) in [6, 6.07) is 0. The van der Waals surface area contributed by atoms with E-state index in [-0.39, 0.29) is 5.75 Å². The molecule has 0 aromatic heterocycles. The fourth-order valence-corrected chi connectivity index (χ4v) is 2.63. The summed E-state index contributed by atoms with van der Waals surface area (Å²) in [7, 11) is 0.337. The van der Waals surface area contributed by atoms with Crippen molar-refractivity contribution in [1.29, 1.82) is 0 Å². The van der Waals surface area contributed by atoms with E-state index in [9.17, 15) is 8.42 Å². The standard InChI is InChI=1S/C11H24N2O3S/c1-12-6-3-9-17(14,15)13(2)7-8-16-10-11-4-5-11/h11-12H,3-10H2,1-2H3. The van der Waals surface area contributed by atoms with E-state index in [1.807, 2.05) is 7.05 Å². The molecular formula is C11H24N2O3S. The van der Waals surface area contributed by atoms with Gasteiger partial charge in [0.15, 0.2) is 0 Å². The molecule has 102 valence electrons. The number of nitrogens with one attached hydrogen (secondary N) is 1. The molecule has 0 saturated heterocycles. The monoisotopic (exact) mass is 264 g/mol. The number of ether oxygens (including phenoxy) is 1. The second-order valence-electron chi connectivity index (χ2n) is 4.61. The van der Waals surface area contributed by atoms with Crippen molar-refractivity contribution in [3.63, 3.8) is 0 Å². The lowest BCUT2D eigenvalue weighted by Crippen LogP contribution is -2.33. The maximum absolute atomic E-state index is 11.8. The van der Waals surface area contributed by atoms with Crippen LogP contribution in [0.1, 0.15) is 19.3 Å². The Morgan fingerprint density at radius 1 is 1.41 bits per heavy atom. The number of rotatable bonds is 10. The largest absolute Gasteiger partial charge is 0.380 e. The van der Waals surface area contributed by atoms with Crippen LogP contribution in [0.2, 0.25) is 0 Å². The molecule has 0 spiro atoms. The van der Waals surface area contributed by atoms with E-state index in [0.29, 0.717) is 19.6 Å². The van der Waals surface area contributed by atoms with Crippen molar-refractivity contribution in [2.24, 2.45) is 5.92 Å². The van der Waals surface area contributed by atoms with Crippen molar-refractivity contribution < 1.29 is 13.2 Å². The number of nitrogens with zero attached hydrogens (tertiary/aromatic N) is 1. The topological polar surface area (TPSA) is 58.6 Å². The molecule has 0 bridgehead atoms. The van der Waals surface area contributed by atoms with Crippen molar-refractivity contribution in [3.8, 4) is 0 Å². The van der Waals surface area contributed by atoms with Crippen LogP contribution in [-0.4, -0.2) is 58.9 Å². The van der Waals surface area contributed by atoms with Gasteiger partial charge in [0, 0.05) is 20.2 Å². The highest BCUT2D eigenvalue weighted by molar-refractivity contribution is 7.89. The normalized spacial score (nSPS) is 16.6. The molecule has 1 saturated carbocycles. The molecule has 0 unspecified atom stereocenters. The molecule has 0 aliphatic heterocycles. The second-order valence-corrected chi connectivity index (χ2v) is 6.81. The third-order valence-corrected chi connectivity index (χ3v) is 4.84. The first kappa shape index (κ1) is 14.9. The number of sulfonamides is 1. The summed E-state index contributed by atoms with van der Waals surface area (Å²) in [6.45, 7) is 2.46. The quantitative estimate of drug-likeness (QED) is 0.576. The molecule has 0 amide bonds. The van der Waals surface area contributed by atoms with E-state index in [1.165, 1.54) is 17.1 Å². The first-order valence-electron chi connectivity index (χ1n) is 6.22. The van der Waals surface area contributed by atoms with Gasteiger partial charge < -0.3 is 10.1 Å². The SMILES string of the molecule is CNCCCS(=O)(=O)N(C)CCOCC1CC1. The molecule has 17 heavy (non-hydrogen) atoms. The van der Waals surface area contributed by atoms with Crippen LogP contribution in [0.25, 0.3) is 0 Å². The van der Waals surface area contributed by atoms with E-state index in [0.717, 1.165) is 19.1 Å². The Labute approximate surface area is 105 Å². The Bertz CT molecular complexity index is 302. The molecule has 0 radical (unpaired) electrons. The highest BCUT2D eigenvalue weighted by Gasteiger charge is 2.21. The predicted molar refractivity (Wildman–Crippen MR) is 68.5 cm³/mol. The molecule has 6 heteroatoms. The molecule has 1 aliphatic rings. The molecule has 0 atom stereocenters. The Balaban J connectivity index is 2.12. The van der Waals surface area contributed by atoms with Gasteiger partial charge in [-0.1, -0.05) is 0 Å². The average molecular weight is 264 g/mol. The highest BCUT2D eigenvalue weighted by Crippen LogP contribution is 2.28. The first-order chi connectivity index (χ1) is 8.06. The zero-order valence-corrected chi connectivity index (χ0v) is 11.6. The van der Waals surface area contributed by atoms with Gasteiger partial charge in [0.1, 0.15) is 0 Å². The smallest absolute Gasteiger partial charge is 0.213 e. The van der Waals surface area contributed by atoms with Crippen LogP contribution >= 0.6 is 0 Å². The Morgan fingerprint density at radius 3 is 2.71 bits per heavy atom. The van der Waals surface area contributed by atoms with Gasteiger partial charge in [-0.05, 0) is 38.8 Å². The van der Waals surface area contributed by atoms with E-state index in [1.54, 1.807) is 7.05 Å². The van der Waals surface area contributed by atoms with Gasteiger partial charge in [-0.15, -0.1) is 0 Å². The van der Waals surface area contributed by atoms with Crippen LogP contribution in [0.3, 0.4) is 0 Å². The molecular weight excluding hydrogens is 240 g/mol. The molecule has 5 nitrogen and oxygen atoms in total. The molecule has 1 rings (SSSR count). The lowest BCUT2D eigenvalue weighted by molar-refractivity contribution is 0.117. The average Bonchev–Trinajstić information content (AvgIpc) is 3.08. The second kappa shape index (κ2) is 7.31. The van der Waals surface area contributed by atoms with Crippen molar-refractivity contribution in [2.45, 2.75) is 19.3 Å². The van der Waals surface area contributed by atoms with Gasteiger partial charge in [-0.25, -0.2) is 12.7 Å². The lowest BCUT2D eigenvalue weighted by atomic mass is 10.5. The lowest BCUT2D eigenvalue weighted by Gasteiger charge is -2.17. The minimum Gasteiger partial charge on any atom is -0.380 e. The number of likely N-dealkylation sites (N-methyl/N-ethyl adjacent to an activating group) is 1. The molecule has 0 heterocycles. The van der Waals surface area contributed by atoms with E-state index in [2.05, 4.69) is 5.32 Å². The zero-order chi connectivity index (χ0) is 12.7. The van der Waals surface area contributed by atoms with Gasteiger partial charge in [-0.2, -0.15) is 0 Å². The molecule has 0 aromatic carbocycles. The maximum atomic E-state index is 11.8. The van der Waals surface area contributed by atoms with Crippen LogP contribution in [0.15, 0.2) is 0 Å². The summed E-state index contributed by atoms with van der Waals surface area (Å²) in [5, 5.41) is 2.94. The summed E-state index contributed by atoms with van der Waals surface area (Å²) in [5.41, 5.74) is 0. The minimum atomic E-state index is -3.10. The summed E-state index contributed by atoms with van der Waals surface area (Å²) < 4.78 is 30.4. The van der Waals surface area contributed by atoms with Crippen LogP contribution in [0, 0.1) is 5.92 Å². The van der Waals surface area contributed by atoms with Gasteiger partial charge in [-0.3, -0.25) is 0 Å². The van der Waals surface area contributed by atoms with Crippen LogP contribution in [0.5, 0.6) is 0 Å². The van der Waals surface area contributed by atoms with Gasteiger partial charge in [0.25, 0.3) is 0 Å². The van der Waals surface area contributed by atoms with E-state index in [4.69, 9.17) is 4.74 Å². The van der Waals surface area contributed by atoms with Crippen molar-refractivity contribution >= 4 is 10.0 Å². The number of hydrogen-bond donors (Lipinski definition) is 1. The van der Waals surface area contributed by atoms with Gasteiger partial charge in [0.05, 0.1) is 12.4 Å². The van der Waals surface area contributed by atoms with Gasteiger partial charge >= 0.3 is 0 Å². The fraction of sp³-hybridized carbons (Fsp3) is 1.00. The Morgan fingerprint density at radius 2 is 2.12 bits per heavy atom. The van der Waals surface area contributed by atoms with Crippen molar-refractivity contribution in [1.82, 2.24) is 9.62 Å². The van der Waals surface area contributed by atoms with Crippen molar-refractivity contribution in [2.75, 3.05) is 46.2 Å². The van der Waals surface area contributed by atoms with Crippen LogP contribution in [-0.2, 0) is 14.8 Å². The van der Waals surface area contributed by atoms with E-state index < -0.39 is 10.0 Å². The number of hydrogen-bond acceptors (Lipinski definition) is 4. The van der Waals surface area contributed by atoms with Gasteiger partial charge in [0.2, 0.25) is 10.0 Å². The summed E-state index contributed by atoms with van der Waals surface area (Å²) in [4.78, 5) is 0. The summed E-state index contributed by atoms with van der Waals surface area (Å²) in [6.07, 6.45) is 3.17. The molecule has 1 fully saturated rings. The highest BCUT2D eigenvalue weighted by atomic mass is 32.2. The molecule has 0 aromatic rings. The summed E-state index contributed by atoms with van der Waals surface area (Å²) in [5.74, 6) is 0.931. The third-order valence-electron chi connectivity index (χ3n) is 2.90. The Hall–Kier alpha value is -0.170. The fourth-order valence-electron chi connectivity index (χ4n) is 1.45. The zero-order valence-electron chi connectivity index (χ0n) is 10.8. The minimum absolute atomic E-state index is 0.201. The maximum Gasteiger partial charge on any atom is 0.213 e. The third kappa shape index (κ3) is 6.35. The van der Waals surface area contributed by atoms with Crippen LogP contribution in [0.4, 0.5) is 0 Å². The Kier molecular flexibility index (Phi) is 6.40. The van der Waals surface area contributed by atoms with Crippen LogP contribution < -0.4 is 5.32 Å². The molecule has 1 aliphatic carbocycles. The van der Waals surface area contributed by atoms with E-state index >= 15 is 0 Å². The molecule has 1 N–H and O–H groups in total. The first-order valence-corrected chi connectivity index (χ1v) is 7.83. The van der Waals surface area contributed by atoms with Crippen molar-refractivity contribution in [3.05, 3.63) is 0 Å². The summed E-state index contributed by atoms with van der Waals surface area (Å²) >= 11 is 0.